The summed E-state index contributed by atoms with van der Waals surface area (Å²) in [6.07, 6.45) is 38.9. The number of unbranched alkanes of at least 4 members (excludes halogenated alkanes) is 22. The Morgan fingerprint density at radius 2 is 0.853 bits per heavy atom. The Balaban J connectivity index is 1.92. The van der Waals surface area contributed by atoms with Gasteiger partial charge in [-0.2, -0.15) is 0 Å². The van der Waals surface area contributed by atoms with Crippen molar-refractivity contribution in [2.45, 2.75) is 188 Å². The summed E-state index contributed by atoms with van der Waals surface area (Å²) in [6.45, 7) is 9.32. The van der Waals surface area contributed by atoms with Crippen molar-refractivity contribution in [2.24, 2.45) is 0 Å². The minimum atomic E-state index is 1.20. The third-order valence-corrected chi connectivity index (χ3v) is 7.76. The highest BCUT2D eigenvalue weighted by Crippen LogP contribution is 2.13. The highest BCUT2D eigenvalue weighted by atomic mass is 15.1. The van der Waals surface area contributed by atoms with Crippen molar-refractivity contribution >= 4 is 0 Å². The number of rotatable bonds is 26. The maximum atomic E-state index is 2.48. The van der Waals surface area contributed by atoms with E-state index in [1.807, 2.05) is 0 Å². The third kappa shape index (κ3) is 17.6. The van der Waals surface area contributed by atoms with Crippen LogP contribution in [0.5, 0.6) is 0 Å². The summed E-state index contributed by atoms with van der Waals surface area (Å²) in [7, 11) is 0. The monoisotopic (exact) mass is 475 g/mol. The predicted octanol–water partition coefficient (Wildman–Crippen LogP) is 10.5. The molecule has 0 aliphatic heterocycles. The van der Waals surface area contributed by atoms with Gasteiger partial charge in [-0.25, -0.2) is 9.13 Å². The molecule has 1 rings (SSSR count). The van der Waals surface area contributed by atoms with E-state index >= 15 is 0 Å². The average molecular weight is 476 g/mol. The molecule has 1 aromatic rings. The van der Waals surface area contributed by atoms with Crippen molar-refractivity contribution in [3.63, 3.8) is 0 Å². The zero-order valence-electron chi connectivity index (χ0n) is 23.9. The fourth-order valence-electron chi connectivity index (χ4n) is 5.26. The summed E-state index contributed by atoms with van der Waals surface area (Å²) in [4.78, 5) is 0. The fourth-order valence-corrected chi connectivity index (χ4v) is 5.26. The van der Waals surface area contributed by atoms with Gasteiger partial charge in [0.15, 0.2) is 0 Å². The Hall–Kier alpha value is -0.790. The van der Waals surface area contributed by atoms with Gasteiger partial charge in [0.2, 0.25) is 0 Å². The first kappa shape index (κ1) is 31.2. The van der Waals surface area contributed by atoms with E-state index in [1.54, 1.807) is 0 Å². The highest BCUT2D eigenvalue weighted by Gasteiger charge is 2.11. The van der Waals surface area contributed by atoms with Crippen LogP contribution in [0.4, 0.5) is 0 Å². The molecule has 0 spiro atoms. The van der Waals surface area contributed by atoms with E-state index in [-0.39, 0.29) is 0 Å². The van der Waals surface area contributed by atoms with Gasteiger partial charge in [-0.05, 0) is 25.7 Å². The van der Waals surface area contributed by atoms with Crippen LogP contribution >= 0.6 is 0 Å². The smallest absolute Gasteiger partial charge is 0.234 e. The lowest BCUT2D eigenvalue weighted by atomic mass is 10.1. The summed E-state index contributed by atoms with van der Waals surface area (Å²) >= 11 is 0. The third-order valence-electron chi connectivity index (χ3n) is 7.76. The number of hydrogen-bond acceptors (Lipinski definition) is 0. The molecule has 0 amide bonds. The molecule has 0 aliphatic carbocycles. The van der Waals surface area contributed by atoms with Gasteiger partial charge in [0.25, 0.3) is 5.82 Å². The van der Waals surface area contributed by atoms with Crippen molar-refractivity contribution in [3.8, 4) is 0 Å². The topological polar surface area (TPSA) is 8.81 Å². The summed E-state index contributed by atoms with van der Waals surface area (Å²) in [5.74, 6) is 1.45. The van der Waals surface area contributed by atoms with E-state index in [1.165, 1.54) is 173 Å². The fraction of sp³-hybridized carbons (Fsp3) is 0.906. The molecule has 34 heavy (non-hydrogen) atoms. The van der Waals surface area contributed by atoms with E-state index < -0.39 is 0 Å². The van der Waals surface area contributed by atoms with Gasteiger partial charge in [-0.1, -0.05) is 142 Å². The minimum Gasteiger partial charge on any atom is -0.234 e. The normalized spacial score (nSPS) is 11.5. The zero-order valence-corrected chi connectivity index (χ0v) is 23.9. The van der Waals surface area contributed by atoms with Gasteiger partial charge in [0.05, 0.1) is 13.1 Å². The van der Waals surface area contributed by atoms with E-state index in [9.17, 15) is 0 Å². The summed E-state index contributed by atoms with van der Waals surface area (Å²) in [6, 6.07) is 0. The average Bonchev–Trinajstić information content (AvgIpc) is 3.19. The largest absolute Gasteiger partial charge is 0.253 e. The quantitative estimate of drug-likeness (QED) is 0.0930. The first-order chi connectivity index (χ1) is 16.8. The Morgan fingerprint density at radius 1 is 0.500 bits per heavy atom. The lowest BCUT2D eigenvalue weighted by Crippen LogP contribution is -2.35. The van der Waals surface area contributed by atoms with E-state index in [4.69, 9.17) is 0 Å². The second kappa shape index (κ2) is 23.9. The summed E-state index contributed by atoms with van der Waals surface area (Å²) in [5.41, 5.74) is 0. The number of nitrogens with zero attached hydrogens (tertiary/aromatic N) is 2. The molecule has 0 atom stereocenters. The van der Waals surface area contributed by atoms with Gasteiger partial charge in [0, 0.05) is 6.92 Å². The molecule has 0 aromatic carbocycles. The van der Waals surface area contributed by atoms with Crippen molar-refractivity contribution in [1.82, 2.24) is 4.57 Å². The molecule has 0 saturated carbocycles. The molecule has 0 aliphatic rings. The van der Waals surface area contributed by atoms with E-state index in [0.29, 0.717) is 0 Å². The molecule has 0 bridgehead atoms. The van der Waals surface area contributed by atoms with Crippen LogP contribution in [-0.4, -0.2) is 4.57 Å². The molecule has 0 N–H and O–H groups in total. The molecular weight excluding hydrogens is 412 g/mol. The predicted molar refractivity (Wildman–Crippen MR) is 152 cm³/mol. The van der Waals surface area contributed by atoms with Crippen LogP contribution in [0.25, 0.3) is 0 Å². The maximum absolute atomic E-state index is 2.48. The van der Waals surface area contributed by atoms with Crippen LogP contribution in [0, 0.1) is 6.92 Å². The van der Waals surface area contributed by atoms with Crippen molar-refractivity contribution in [2.75, 3.05) is 0 Å². The number of imidazole rings is 1. The molecule has 0 radical (unpaired) electrons. The SMILES string of the molecule is CCCCCCCCCCCCCCn1cc[n+](CCCCCCCCCCCCCC)c1C. The second-order valence-electron chi connectivity index (χ2n) is 11.0. The first-order valence-corrected chi connectivity index (χ1v) is 15.8. The first-order valence-electron chi connectivity index (χ1n) is 15.8. The van der Waals surface area contributed by atoms with Crippen molar-refractivity contribution < 1.29 is 4.57 Å². The van der Waals surface area contributed by atoms with Crippen LogP contribution in [0.2, 0.25) is 0 Å². The van der Waals surface area contributed by atoms with Gasteiger partial charge in [-0.3, -0.25) is 0 Å². The number of aromatic nitrogens is 2. The Bertz CT molecular complexity index is 488. The van der Waals surface area contributed by atoms with Gasteiger partial charge in [-0.15, -0.1) is 0 Å². The van der Waals surface area contributed by atoms with E-state index in [2.05, 4.69) is 42.3 Å². The molecule has 2 heteroatoms. The molecule has 0 unspecified atom stereocenters. The maximum Gasteiger partial charge on any atom is 0.253 e. The van der Waals surface area contributed by atoms with Gasteiger partial charge >= 0.3 is 0 Å². The molecule has 200 valence electrons. The molecular formula is C32H63N2+. The number of aryl methyl sites for hydroxylation is 2. The Kier molecular flexibility index (Phi) is 22.0. The van der Waals surface area contributed by atoms with Gasteiger partial charge < -0.3 is 0 Å². The van der Waals surface area contributed by atoms with Crippen LogP contribution in [0.1, 0.15) is 174 Å². The molecule has 1 aromatic heterocycles. The molecule has 0 saturated heterocycles. The van der Waals surface area contributed by atoms with Crippen LogP contribution in [0.15, 0.2) is 12.4 Å². The van der Waals surface area contributed by atoms with Crippen LogP contribution in [-0.2, 0) is 13.1 Å². The molecule has 0 fully saturated rings. The van der Waals surface area contributed by atoms with Crippen LogP contribution < -0.4 is 4.57 Å². The minimum absolute atomic E-state index is 1.20. The Morgan fingerprint density at radius 3 is 1.26 bits per heavy atom. The number of hydrogen-bond donors (Lipinski definition) is 0. The molecule has 1 heterocycles. The molecule has 2 nitrogen and oxygen atoms in total. The van der Waals surface area contributed by atoms with Crippen molar-refractivity contribution in [1.29, 1.82) is 0 Å². The second-order valence-corrected chi connectivity index (χ2v) is 11.0. The van der Waals surface area contributed by atoms with Crippen LogP contribution in [0.3, 0.4) is 0 Å². The van der Waals surface area contributed by atoms with Crippen molar-refractivity contribution in [3.05, 3.63) is 18.2 Å². The lowest BCUT2D eigenvalue weighted by molar-refractivity contribution is -0.702. The lowest BCUT2D eigenvalue weighted by Gasteiger charge is -2.04. The zero-order chi connectivity index (χ0) is 24.5. The van der Waals surface area contributed by atoms with E-state index in [0.717, 1.165) is 0 Å². The van der Waals surface area contributed by atoms with Gasteiger partial charge in [0.1, 0.15) is 12.4 Å². The standard InChI is InChI=1S/C32H63N2/c1-4-6-8-10-12-14-16-18-20-22-24-26-28-33-30-31-34(32(33)3)29-27-25-23-21-19-17-15-13-11-9-7-5-2/h30-31H,4-29H2,1-3H3/q+1. The Labute approximate surface area is 215 Å². The summed E-state index contributed by atoms with van der Waals surface area (Å²) < 4.78 is 4.97. The summed E-state index contributed by atoms with van der Waals surface area (Å²) in [5, 5.41) is 0. The highest BCUT2D eigenvalue weighted by molar-refractivity contribution is 4.79.